The Hall–Kier alpha value is -2.20. The summed E-state index contributed by atoms with van der Waals surface area (Å²) >= 11 is 5.89. The Balaban J connectivity index is 1.76. The fraction of sp³-hybridized carbons (Fsp3) is 0.0714. The molecule has 0 amide bonds. The van der Waals surface area contributed by atoms with Crippen molar-refractivity contribution in [2.45, 2.75) is 6.54 Å². The topological polar surface area (TPSA) is 58.3 Å². The number of halogens is 1. The second kappa shape index (κ2) is 4.82. The minimum absolute atomic E-state index is 0.238. The second-order valence-corrected chi connectivity index (χ2v) is 4.56. The molecule has 0 aliphatic rings. The van der Waals surface area contributed by atoms with Gasteiger partial charge in [-0.3, -0.25) is 0 Å². The van der Waals surface area contributed by atoms with Crippen LogP contribution < -0.4 is 5.32 Å². The van der Waals surface area contributed by atoms with E-state index in [0.717, 1.165) is 11.2 Å². The van der Waals surface area contributed by atoms with Gasteiger partial charge in [0.25, 0.3) is 0 Å². The van der Waals surface area contributed by atoms with Gasteiger partial charge in [0.1, 0.15) is 11.3 Å². The number of hydrogen-bond acceptors (Lipinski definition) is 4. The van der Waals surface area contributed by atoms with Crippen LogP contribution in [0.15, 0.2) is 46.9 Å². The molecule has 5 heteroatoms. The highest BCUT2D eigenvalue weighted by Crippen LogP contribution is 2.21. The first-order valence-electron chi connectivity index (χ1n) is 5.78. The van der Waals surface area contributed by atoms with Gasteiger partial charge < -0.3 is 14.8 Å². The minimum Gasteiger partial charge on any atom is -0.508 e. The van der Waals surface area contributed by atoms with E-state index >= 15 is 0 Å². The first kappa shape index (κ1) is 11.9. The SMILES string of the molecule is Oc1ccc(NCc2nc3cc(Cl)ccc3o2)cc1. The van der Waals surface area contributed by atoms with E-state index in [2.05, 4.69) is 10.3 Å². The van der Waals surface area contributed by atoms with Crippen LogP contribution in [0.25, 0.3) is 11.1 Å². The standard InChI is InChI=1S/C14H11ClN2O2/c15-9-1-6-13-12(7-9)17-14(19-13)8-16-10-2-4-11(18)5-3-10/h1-7,16,18H,8H2. The van der Waals surface area contributed by atoms with Crippen molar-refractivity contribution in [1.82, 2.24) is 4.98 Å². The van der Waals surface area contributed by atoms with Gasteiger partial charge in [-0.2, -0.15) is 0 Å². The van der Waals surface area contributed by atoms with Crippen LogP contribution in [0.3, 0.4) is 0 Å². The quantitative estimate of drug-likeness (QED) is 0.713. The molecule has 19 heavy (non-hydrogen) atoms. The van der Waals surface area contributed by atoms with Crippen LogP contribution in [0, 0.1) is 0 Å². The van der Waals surface area contributed by atoms with Crippen molar-refractivity contribution in [2.24, 2.45) is 0 Å². The summed E-state index contributed by atoms with van der Waals surface area (Å²) < 4.78 is 5.59. The normalized spacial score (nSPS) is 10.8. The number of rotatable bonds is 3. The highest BCUT2D eigenvalue weighted by molar-refractivity contribution is 6.31. The number of phenolic OH excluding ortho intramolecular Hbond substituents is 1. The molecule has 3 rings (SSSR count). The molecule has 0 unspecified atom stereocenters. The number of hydrogen-bond donors (Lipinski definition) is 2. The van der Waals surface area contributed by atoms with Crippen LogP contribution in [0.5, 0.6) is 5.75 Å². The Morgan fingerprint density at radius 3 is 2.74 bits per heavy atom. The summed E-state index contributed by atoms with van der Waals surface area (Å²) in [5, 5.41) is 13.0. The summed E-state index contributed by atoms with van der Waals surface area (Å²) in [5.41, 5.74) is 2.35. The summed E-state index contributed by atoms with van der Waals surface area (Å²) in [6.45, 7) is 0.469. The van der Waals surface area contributed by atoms with E-state index in [4.69, 9.17) is 16.0 Å². The van der Waals surface area contributed by atoms with Gasteiger partial charge >= 0.3 is 0 Å². The number of phenols is 1. The van der Waals surface area contributed by atoms with Crippen molar-refractivity contribution >= 4 is 28.4 Å². The molecule has 0 aliphatic carbocycles. The zero-order valence-electron chi connectivity index (χ0n) is 9.93. The van der Waals surface area contributed by atoms with Crippen LogP contribution in [-0.2, 0) is 6.54 Å². The van der Waals surface area contributed by atoms with Crippen LogP contribution in [-0.4, -0.2) is 10.1 Å². The van der Waals surface area contributed by atoms with Crippen molar-refractivity contribution in [2.75, 3.05) is 5.32 Å². The molecule has 0 radical (unpaired) electrons. The lowest BCUT2D eigenvalue weighted by Crippen LogP contribution is -1.98. The molecule has 0 aliphatic heterocycles. The molecule has 1 aromatic heterocycles. The van der Waals surface area contributed by atoms with E-state index in [1.807, 2.05) is 0 Å². The van der Waals surface area contributed by atoms with Gasteiger partial charge in [0.2, 0.25) is 5.89 Å². The van der Waals surface area contributed by atoms with Gasteiger partial charge in [-0.05, 0) is 42.5 Å². The zero-order valence-corrected chi connectivity index (χ0v) is 10.7. The first-order valence-corrected chi connectivity index (χ1v) is 6.16. The van der Waals surface area contributed by atoms with Crippen LogP contribution >= 0.6 is 11.6 Å². The predicted molar refractivity (Wildman–Crippen MR) is 74.5 cm³/mol. The molecule has 2 N–H and O–H groups in total. The summed E-state index contributed by atoms with van der Waals surface area (Å²) in [5.74, 6) is 0.826. The molecule has 96 valence electrons. The second-order valence-electron chi connectivity index (χ2n) is 4.12. The summed E-state index contributed by atoms with van der Waals surface area (Å²) in [6.07, 6.45) is 0. The molecule has 0 atom stereocenters. The maximum absolute atomic E-state index is 9.19. The summed E-state index contributed by atoms with van der Waals surface area (Å²) in [6, 6.07) is 12.2. The van der Waals surface area contributed by atoms with Crippen molar-refractivity contribution in [3.8, 4) is 5.75 Å². The summed E-state index contributed by atoms with van der Waals surface area (Å²) in [7, 11) is 0. The Kier molecular flexibility index (Phi) is 3.01. The molecular weight excluding hydrogens is 264 g/mol. The molecule has 0 spiro atoms. The maximum Gasteiger partial charge on any atom is 0.214 e. The molecule has 0 fully saturated rings. The molecule has 0 saturated heterocycles. The van der Waals surface area contributed by atoms with Crippen LogP contribution in [0.4, 0.5) is 5.69 Å². The Labute approximate surface area is 114 Å². The fourth-order valence-electron chi connectivity index (χ4n) is 1.78. The molecule has 3 aromatic rings. The number of nitrogens with one attached hydrogen (secondary N) is 1. The minimum atomic E-state index is 0.238. The average Bonchev–Trinajstić information content (AvgIpc) is 2.80. The molecule has 4 nitrogen and oxygen atoms in total. The molecule has 0 bridgehead atoms. The number of aromatic hydroxyl groups is 1. The lowest BCUT2D eigenvalue weighted by molar-refractivity contribution is 0.475. The predicted octanol–water partition coefficient (Wildman–Crippen LogP) is 3.80. The van der Waals surface area contributed by atoms with E-state index in [1.165, 1.54) is 0 Å². The Morgan fingerprint density at radius 1 is 1.16 bits per heavy atom. The van der Waals surface area contributed by atoms with E-state index in [9.17, 15) is 5.11 Å². The van der Waals surface area contributed by atoms with Gasteiger partial charge in [0.05, 0.1) is 6.54 Å². The van der Waals surface area contributed by atoms with Crippen molar-refractivity contribution < 1.29 is 9.52 Å². The van der Waals surface area contributed by atoms with Crippen LogP contribution in [0.2, 0.25) is 5.02 Å². The van der Waals surface area contributed by atoms with E-state index < -0.39 is 0 Å². The molecule has 0 saturated carbocycles. The van der Waals surface area contributed by atoms with Crippen LogP contribution in [0.1, 0.15) is 5.89 Å². The third-order valence-electron chi connectivity index (χ3n) is 2.70. The highest BCUT2D eigenvalue weighted by atomic mass is 35.5. The highest BCUT2D eigenvalue weighted by Gasteiger charge is 2.05. The van der Waals surface area contributed by atoms with Crippen molar-refractivity contribution in [1.29, 1.82) is 0 Å². The Morgan fingerprint density at radius 2 is 1.95 bits per heavy atom. The Bertz CT molecular complexity index is 707. The number of benzene rings is 2. The molecular formula is C14H11ClN2O2. The third kappa shape index (κ3) is 2.63. The maximum atomic E-state index is 9.19. The van der Waals surface area contributed by atoms with Gasteiger partial charge in [-0.15, -0.1) is 0 Å². The number of anilines is 1. The molecule has 2 aromatic carbocycles. The smallest absolute Gasteiger partial charge is 0.214 e. The first-order chi connectivity index (χ1) is 9.20. The van der Waals surface area contributed by atoms with E-state index in [0.29, 0.717) is 23.0 Å². The lowest BCUT2D eigenvalue weighted by atomic mass is 10.3. The van der Waals surface area contributed by atoms with Crippen molar-refractivity contribution in [3.63, 3.8) is 0 Å². The number of oxazole rings is 1. The lowest BCUT2D eigenvalue weighted by Gasteiger charge is -2.02. The van der Waals surface area contributed by atoms with Gasteiger partial charge in [0, 0.05) is 10.7 Å². The van der Waals surface area contributed by atoms with E-state index in [-0.39, 0.29) is 5.75 Å². The van der Waals surface area contributed by atoms with Gasteiger partial charge in [-0.1, -0.05) is 11.6 Å². The number of nitrogens with zero attached hydrogens (tertiary/aromatic N) is 1. The van der Waals surface area contributed by atoms with E-state index in [1.54, 1.807) is 42.5 Å². The van der Waals surface area contributed by atoms with Crippen molar-refractivity contribution in [3.05, 3.63) is 53.4 Å². The average molecular weight is 275 g/mol. The zero-order chi connectivity index (χ0) is 13.2. The number of aromatic nitrogens is 1. The third-order valence-corrected chi connectivity index (χ3v) is 2.94. The summed E-state index contributed by atoms with van der Waals surface area (Å²) in [4.78, 5) is 4.34. The fourth-order valence-corrected chi connectivity index (χ4v) is 1.95. The molecule has 1 heterocycles. The van der Waals surface area contributed by atoms with Gasteiger partial charge in [-0.25, -0.2) is 4.98 Å². The van der Waals surface area contributed by atoms with Gasteiger partial charge in [0.15, 0.2) is 5.58 Å². The number of fused-ring (bicyclic) bond motifs is 1. The largest absolute Gasteiger partial charge is 0.508 e. The monoisotopic (exact) mass is 274 g/mol.